The second-order valence-corrected chi connectivity index (χ2v) is 2.01. The number of rotatable bonds is 0. The molecule has 0 aliphatic heterocycles. The van der Waals surface area contributed by atoms with Crippen LogP contribution in [0.4, 0.5) is 0 Å². The average molecular weight is 118 g/mol. The van der Waals surface area contributed by atoms with Gasteiger partial charge in [-0.25, -0.2) is 0 Å². The van der Waals surface area contributed by atoms with E-state index in [-0.39, 0.29) is 5.75 Å². The van der Waals surface area contributed by atoms with Crippen molar-refractivity contribution in [3.63, 3.8) is 0 Å². The monoisotopic (exact) mass is 118 g/mol. The largest absolute Gasteiger partial charge is 0.508 e. The summed E-state index contributed by atoms with van der Waals surface area (Å²) in [5, 5.41) is 9.08. The Balaban J connectivity index is 3.25. The Labute approximate surface area is 55.7 Å². The van der Waals surface area contributed by atoms with E-state index in [1.165, 1.54) is 0 Å². The second kappa shape index (κ2) is 2.13. The minimum Gasteiger partial charge on any atom is -0.508 e. The van der Waals surface area contributed by atoms with E-state index in [1.807, 2.05) is 19.1 Å². The van der Waals surface area contributed by atoms with Crippen LogP contribution in [0.1, 0.15) is 5.56 Å². The lowest BCUT2D eigenvalue weighted by Crippen LogP contribution is -2.02. The van der Waals surface area contributed by atoms with Gasteiger partial charge >= 0.3 is 0 Å². The molecule has 0 bridgehead atoms. The van der Waals surface area contributed by atoms with Gasteiger partial charge in [0.05, 0.1) is 0 Å². The van der Waals surface area contributed by atoms with Crippen molar-refractivity contribution in [2.24, 2.45) is 0 Å². The van der Waals surface area contributed by atoms with E-state index in [9.17, 15) is 0 Å². The SMILES string of the molecule is [B]c1cccc(C)c1O. The minimum absolute atomic E-state index is 0.192. The fraction of sp³-hybridized carbons (Fsp3) is 0.143. The van der Waals surface area contributed by atoms with Gasteiger partial charge in [-0.15, -0.1) is 0 Å². The molecule has 1 rings (SSSR count). The summed E-state index contributed by atoms with van der Waals surface area (Å²) in [6, 6.07) is 5.29. The maximum absolute atomic E-state index is 9.08. The first-order chi connectivity index (χ1) is 4.22. The summed E-state index contributed by atoms with van der Waals surface area (Å²) < 4.78 is 0. The van der Waals surface area contributed by atoms with Crippen LogP contribution in [-0.2, 0) is 0 Å². The van der Waals surface area contributed by atoms with E-state index in [2.05, 4.69) is 0 Å². The lowest BCUT2D eigenvalue weighted by atomic mass is 9.93. The molecule has 1 N–H and O–H groups in total. The van der Waals surface area contributed by atoms with E-state index < -0.39 is 0 Å². The number of aromatic hydroxyl groups is 1. The Morgan fingerprint density at radius 3 is 2.56 bits per heavy atom. The molecule has 9 heavy (non-hydrogen) atoms. The van der Waals surface area contributed by atoms with Gasteiger partial charge in [-0.2, -0.15) is 0 Å². The fourth-order valence-electron chi connectivity index (χ4n) is 0.682. The van der Waals surface area contributed by atoms with Crippen molar-refractivity contribution in [1.82, 2.24) is 0 Å². The van der Waals surface area contributed by atoms with Gasteiger partial charge in [-0.05, 0) is 12.5 Å². The van der Waals surface area contributed by atoms with Crippen molar-refractivity contribution in [2.45, 2.75) is 6.92 Å². The van der Waals surface area contributed by atoms with Crippen LogP contribution in [0.2, 0.25) is 0 Å². The van der Waals surface area contributed by atoms with Gasteiger partial charge in [0.15, 0.2) is 0 Å². The normalized spacial score (nSPS) is 9.44. The van der Waals surface area contributed by atoms with E-state index >= 15 is 0 Å². The number of hydrogen-bond acceptors (Lipinski definition) is 1. The van der Waals surface area contributed by atoms with Crippen LogP contribution in [0.25, 0.3) is 0 Å². The summed E-state index contributed by atoms with van der Waals surface area (Å²) in [4.78, 5) is 0. The predicted molar refractivity (Wildman–Crippen MR) is 38.2 cm³/mol. The van der Waals surface area contributed by atoms with Gasteiger partial charge in [-0.3, -0.25) is 0 Å². The minimum atomic E-state index is 0.192. The maximum atomic E-state index is 9.08. The Bertz CT molecular complexity index is 200. The van der Waals surface area contributed by atoms with Crippen molar-refractivity contribution in [3.8, 4) is 5.75 Å². The summed E-state index contributed by atoms with van der Waals surface area (Å²) in [7, 11) is 5.37. The number of hydrogen-bond donors (Lipinski definition) is 1. The molecule has 0 aliphatic carbocycles. The number of phenolic OH excluding ortho intramolecular Hbond substituents is 1. The summed E-state index contributed by atoms with van der Waals surface area (Å²) in [5.74, 6) is 0.192. The van der Waals surface area contributed by atoms with Gasteiger partial charge in [0.2, 0.25) is 0 Å². The fourth-order valence-corrected chi connectivity index (χ4v) is 0.682. The third kappa shape index (κ3) is 1.07. The molecule has 0 saturated heterocycles. The van der Waals surface area contributed by atoms with Gasteiger partial charge in [-0.1, -0.05) is 23.7 Å². The predicted octanol–water partition coefficient (Wildman–Crippen LogP) is 0.494. The maximum Gasteiger partial charge on any atom is 0.119 e. The summed E-state index contributed by atoms with van der Waals surface area (Å²) in [6.07, 6.45) is 0. The first kappa shape index (κ1) is 6.21. The van der Waals surface area contributed by atoms with Crippen molar-refractivity contribution in [3.05, 3.63) is 23.8 Å². The topological polar surface area (TPSA) is 20.2 Å². The van der Waals surface area contributed by atoms with Gasteiger partial charge in [0, 0.05) is 0 Å². The van der Waals surface area contributed by atoms with E-state index in [0.29, 0.717) is 5.46 Å². The summed E-state index contributed by atoms with van der Waals surface area (Å²) in [6.45, 7) is 1.81. The Hall–Kier alpha value is -0.915. The van der Waals surface area contributed by atoms with Crippen LogP contribution in [0.3, 0.4) is 0 Å². The van der Waals surface area contributed by atoms with Crippen LogP contribution < -0.4 is 5.46 Å². The van der Waals surface area contributed by atoms with Crippen molar-refractivity contribution >= 4 is 13.3 Å². The van der Waals surface area contributed by atoms with Crippen molar-refractivity contribution in [2.75, 3.05) is 0 Å². The highest BCUT2D eigenvalue weighted by Gasteiger charge is 1.94. The first-order valence-electron chi connectivity index (χ1n) is 2.76. The molecule has 0 amide bonds. The number of aryl methyl sites for hydroxylation is 1. The second-order valence-electron chi connectivity index (χ2n) is 2.01. The Morgan fingerprint density at radius 2 is 2.11 bits per heavy atom. The zero-order valence-corrected chi connectivity index (χ0v) is 5.26. The molecule has 0 spiro atoms. The Kier molecular flexibility index (Phi) is 1.47. The smallest absolute Gasteiger partial charge is 0.119 e. The van der Waals surface area contributed by atoms with E-state index in [1.54, 1.807) is 6.07 Å². The highest BCUT2D eigenvalue weighted by atomic mass is 16.3. The molecule has 0 heterocycles. The van der Waals surface area contributed by atoms with Crippen LogP contribution >= 0.6 is 0 Å². The highest BCUT2D eigenvalue weighted by Crippen LogP contribution is 2.09. The number of phenols is 1. The van der Waals surface area contributed by atoms with Crippen LogP contribution in [-0.4, -0.2) is 13.0 Å². The number of benzene rings is 1. The quantitative estimate of drug-likeness (QED) is 0.491. The third-order valence-electron chi connectivity index (χ3n) is 1.27. The molecular formula is C7H7BO. The highest BCUT2D eigenvalue weighted by molar-refractivity contribution is 6.34. The standard InChI is InChI=1S/C7H7BO/c1-5-3-2-4-6(8)7(5)9/h2-4,9H,1H3. The summed E-state index contributed by atoms with van der Waals surface area (Å²) >= 11 is 0. The van der Waals surface area contributed by atoms with Crippen LogP contribution in [0, 0.1) is 6.92 Å². The molecule has 2 heteroatoms. The van der Waals surface area contributed by atoms with Gasteiger partial charge < -0.3 is 5.11 Å². The molecule has 1 aromatic rings. The molecular weight excluding hydrogens is 111 g/mol. The van der Waals surface area contributed by atoms with Gasteiger partial charge in [0.1, 0.15) is 13.6 Å². The lowest BCUT2D eigenvalue weighted by Gasteiger charge is -1.99. The molecule has 2 radical (unpaired) electrons. The molecule has 0 aliphatic rings. The van der Waals surface area contributed by atoms with Crippen molar-refractivity contribution < 1.29 is 5.11 Å². The molecule has 0 atom stereocenters. The molecule has 44 valence electrons. The average Bonchev–Trinajstić information content (AvgIpc) is 1.83. The molecule has 0 aromatic heterocycles. The molecule has 0 unspecified atom stereocenters. The van der Waals surface area contributed by atoms with Crippen LogP contribution in [0.5, 0.6) is 5.75 Å². The lowest BCUT2D eigenvalue weighted by molar-refractivity contribution is 0.475. The van der Waals surface area contributed by atoms with E-state index in [0.717, 1.165) is 5.56 Å². The van der Waals surface area contributed by atoms with Gasteiger partial charge in [0.25, 0.3) is 0 Å². The number of para-hydroxylation sites is 1. The molecule has 1 aromatic carbocycles. The van der Waals surface area contributed by atoms with Crippen molar-refractivity contribution in [1.29, 1.82) is 0 Å². The van der Waals surface area contributed by atoms with Crippen LogP contribution in [0.15, 0.2) is 18.2 Å². The molecule has 0 fully saturated rings. The van der Waals surface area contributed by atoms with E-state index in [4.69, 9.17) is 13.0 Å². The summed E-state index contributed by atoms with van der Waals surface area (Å²) in [5.41, 5.74) is 1.25. The first-order valence-corrected chi connectivity index (χ1v) is 2.76. The zero-order valence-electron chi connectivity index (χ0n) is 5.26. The third-order valence-corrected chi connectivity index (χ3v) is 1.27. The Morgan fingerprint density at radius 1 is 1.44 bits per heavy atom. The zero-order chi connectivity index (χ0) is 6.85. The molecule has 0 saturated carbocycles. The molecule has 1 nitrogen and oxygen atoms in total.